The molecule has 3 aromatic rings. The molecule has 0 aliphatic rings. The van der Waals surface area contributed by atoms with E-state index in [9.17, 15) is 8.42 Å². The molecule has 29 heavy (non-hydrogen) atoms. The highest BCUT2D eigenvalue weighted by atomic mass is 32.2. The average Bonchev–Trinajstić information content (AvgIpc) is 3.28. The van der Waals surface area contributed by atoms with Crippen molar-refractivity contribution in [1.82, 2.24) is 18.5 Å². The van der Waals surface area contributed by atoms with Gasteiger partial charge in [0.2, 0.25) is 20.9 Å². The molecule has 0 saturated carbocycles. The second kappa shape index (κ2) is 9.23. The number of hydrogen-bond acceptors (Lipinski definition) is 6. The van der Waals surface area contributed by atoms with E-state index in [0.29, 0.717) is 11.4 Å². The van der Waals surface area contributed by atoms with Crippen molar-refractivity contribution in [2.75, 3.05) is 18.4 Å². The molecule has 0 radical (unpaired) electrons. The summed E-state index contributed by atoms with van der Waals surface area (Å²) < 4.78 is 33.8. The lowest BCUT2D eigenvalue weighted by molar-refractivity contribution is 0.571. The number of fused-ring (bicyclic) bond motifs is 1. The van der Waals surface area contributed by atoms with Crippen molar-refractivity contribution in [3.05, 3.63) is 42.2 Å². The van der Waals surface area contributed by atoms with Gasteiger partial charge in [-0.2, -0.15) is 4.37 Å². The molecule has 7 nitrogen and oxygen atoms in total. The fourth-order valence-electron chi connectivity index (χ4n) is 2.99. The summed E-state index contributed by atoms with van der Waals surface area (Å²) in [5, 5.41) is 3.32. The fourth-order valence-corrected chi connectivity index (χ4v) is 4.73. The second-order valence-electron chi connectivity index (χ2n) is 8.10. The number of rotatable bonds is 10. The highest BCUT2D eigenvalue weighted by Crippen LogP contribution is 2.23. The minimum absolute atomic E-state index is 0.00876. The van der Waals surface area contributed by atoms with Crippen LogP contribution < -0.4 is 10.0 Å². The molecule has 3 rings (SSSR count). The maximum atomic E-state index is 12.4. The third-order valence-corrected chi connectivity index (χ3v) is 6.96. The summed E-state index contributed by atoms with van der Waals surface area (Å²) in [7, 11) is -3.44. The molecule has 2 N–H and O–H groups in total. The van der Waals surface area contributed by atoms with E-state index in [1.165, 1.54) is 11.5 Å². The molecule has 9 heteroatoms. The average molecular weight is 436 g/mol. The summed E-state index contributed by atoms with van der Waals surface area (Å²) in [4.78, 5) is 5.40. The van der Waals surface area contributed by atoms with Crippen molar-refractivity contribution in [3.63, 3.8) is 0 Å². The molecule has 0 atom stereocenters. The van der Waals surface area contributed by atoms with Crippen LogP contribution >= 0.6 is 11.5 Å². The van der Waals surface area contributed by atoms with Crippen LogP contribution in [0.25, 0.3) is 4.96 Å². The van der Waals surface area contributed by atoms with Gasteiger partial charge in [-0.3, -0.25) is 4.40 Å². The summed E-state index contributed by atoms with van der Waals surface area (Å²) in [6.07, 6.45) is 7.50. The Balaban J connectivity index is 1.33. The zero-order valence-corrected chi connectivity index (χ0v) is 18.8. The van der Waals surface area contributed by atoms with Crippen molar-refractivity contribution in [3.8, 4) is 0 Å². The quantitative estimate of drug-likeness (QED) is 0.469. The SMILES string of the molecule is CC(C)(C)c1ccc(S(=O)(=O)NCCCCCCNc2nsc3nccn23)cc1. The van der Waals surface area contributed by atoms with E-state index in [2.05, 4.69) is 40.2 Å². The maximum absolute atomic E-state index is 12.4. The zero-order valence-electron chi connectivity index (χ0n) is 17.2. The van der Waals surface area contributed by atoms with Gasteiger partial charge in [0.25, 0.3) is 0 Å². The minimum atomic E-state index is -3.44. The summed E-state index contributed by atoms with van der Waals surface area (Å²) in [5.41, 5.74) is 1.13. The normalized spacial score (nSPS) is 12.5. The summed E-state index contributed by atoms with van der Waals surface area (Å²) in [5.74, 6) is 0.827. The van der Waals surface area contributed by atoms with Crippen molar-refractivity contribution >= 4 is 32.5 Å². The molecule has 0 aliphatic heterocycles. The zero-order chi connectivity index (χ0) is 20.9. The second-order valence-corrected chi connectivity index (χ2v) is 10.6. The Labute approximate surface area is 176 Å². The number of hydrogen-bond donors (Lipinski definition) is 2. The molecule has 0 amide bonds. The Morgan fingerprint density at radius 3 is 2.41 bits per heavy atom. The van der Waals surface area contributed by atoms with Gasteiger partial charge in [-0.25, -0.2) is 18.1 Å². The Kier molecular flexibility index (Phi) is 6.92. The number of aromatic nitrogens is 3. The number of benzene rings is 1. The lowest BCUT2D eigenvalue weighted by Crippen LogP contribution is -2.25. The first-order valence-corrected chi connectivity index (χ1v) is 12.2. The van der Waals surface area contributed by atoms with Gasteiger partial charge in [0.15, 0.2) is 0 Å². The van der Waals surface area contributed by atoms with Gasteiger partial charge in [0, 0.05) is 37.0 Å². The molecule has 0 spiro atoms. The highest BCUT2D eigenvalue weighted by Gasteiger charge is 2.17. The van der Waals surface area contributed by atoms with Crippen LogP contribution in [0.15, 0.2) is 41.6 Å². The van der Waals surface area contributed by atoms with Crippen LogP contribution in [-0.4, -0.2) is 35.3 Å². The van der Waals surface area contributed by atoms with Gasteiger partial charge < -0.3 is 5.32 Å². The Hall–Kier alpha value is -1.97. The molecule has 0 aliphatic carbocycles. The molecule has 2 heterocycles. The van der Waals surface area contributed by atoms with E-state index in [1.54, 1.807) is 18.3 Å². The van der Waals surface area contributed by atoms with Crippen LogP contribution in [-0.2, 0) is 15.4 Å². The minimum Gasteiger partial charge on any atom is -0.355 e. The predicted molar refractivity (Wildman–Crippen MR) is 118 cm³/mol. The van der Waals surface area contributed by atoms with E-state index in [1.807, 2.05) is 22.7 Å². The molecular weight excluding hydrogens is 406 g/mol. The smallest absolute Gasteiger partial charge is 0.240 e. The van der Waals surface area contributed by atoms with Gasteiger partial charge in [-0.05, 0) is 36.0 Å². The molecule has 2 aromatic heterocycles. The number of unbranched alkanes of at least 4 members (excludes halogenated alkanes) is 3. The third kappa shape index (κ3) is 5.77. The van der Waals surface area contributed by atoms with E-state index in [-0.39, 0.29) is 5.41 Å². The van der Waals surface area contributed by atoms with E-state index in [0.717, 1.165) is 48.7 Å². The van der Waals surface area contributed by atoms with Gasteiger partial charge >= 0.3 is 0 Å². The lowest BCUT2D eigenvalue weighted by Gasteiger charge is -2.19. The van der Waals surface area contributed by atoms with Crippen molar-refractivity contribution in [2.24, 2.45) is 0 Å². The van der Waals surface area contributed by atoms with E-state index in [4.69, 9.17) is 0 Å². The number of sulfonamides is 1. The van der Waals surface area contributed by atoms with Crippen molar-refractivity contribution < 1.29 is 8.42 Å². The molecule has 158 valence electrons. The molecule has 0 fully saturated rings. The fraction of sp³-hybridized carbons (Fsp3) is 0.500. The molecule has 0 bridgehead atoms. The number of nitrogens with one attached hydrogen (secondary N) is 2. The monoisotopic (exact) mass is 435 g/mol. The lowest BCUT2D eigenvalue weighted by atomic mass is 9.87. The van der Waals surface area contributed by atoms with E-state index >= 15 is 0 Å². The first-order valence-electron chi connectivity index (χ1n) is 9.90. The van der Waals surface area contributed by atoms with Crippen LogP contribution in [0.2, 0.25) is 0 Å². The molecular formula is C20H29N5O2S2. The maximum Gasteiger partial charge on any atom is 0.240 e. The van der Waals surface area contributed by atoms with Gasteiger partial charge in [0.05, 0.1) is 4.90 Å². The number of anilines is 1. The number of imidazole rings is 1. The van der Waals surface area contributed by atoms with Crippen LogP contribution in [0.3, 0.4) is 0 Å². The van der Waals surface area contributed by atoms with Crippen LogP contribution in [0.5, 0.6) is 0 Å². The highest BCUT2D eigenvalue weighted by molar-refractivity contribution is 7.89. The van der Waals surface area contributed by atoms with Gasteiger partial charge in [0.1, 0.15) is 0 Å². The largest absolute Gasteiger partial charge is 0.355 e. The first kappa shape index (κ1) is 21.7. The Morgan fingerprint density at radius 1 is 1.03 bits per heavy atom. The summed E-state index contributed by atoms with van der Waals surface area (Å²) in [6, 6.07) is 7.15. The van der Waals surface area contributed by atoms with Crippen LogP contribution in [0.1, 0.15) is 52.0 Å². The summed E-state index contributed by atoms with van der Waals surface area (Å²) in [6.45, 7) is 7.62. The van der Waals surface area contributed by atoms with Gasteiger partial charge in [-0.1, -0.05) is 45.7 Å². The molecule has 0 unspecified atom stereocenters. The first-order chi connectivity index (χ1) is 13.8. The molecule has 0 saturated heterocycles. The standard InChI is InChI=1S/C20H29N5O2S2/c1-20(2,3)16-8-10-17(11-9-16)29(26,27)23-13-7-5-4-6-12-21-18-24-28-19-22-14-15-25(18)19/h8-11,14-15,23H,4-7,12-13H2,1-3H3,(H,21,24). The summed E-state index contributed by atoms with van der Waals surface area (Å²) >= 11 is 1.37. The molecule has 1 aromatic carbocycles. The van der Waals surface area contributed by atoms with E-state index < -0.39 is 10.0 Å². The van der Waals surface area contributed by atoms with Crippen molar-refractivity contribution in [1.29, 1.82) is 0 Å². The Morgan fingerprint density at radius 2 is 1.72 bits per heavy atom. The Bertz CT molecular complexity index is 1020. The van der Waals surface area contributed by atoms with Crippen LogP contribution in [0, 0.1) is 0 Å². The van der Waals surface area contributed by atoms with Gasteiger partial charge in [-0.15, -0.1) is 0 Å². The predicted octanol–water partition coefficient (Wildman–Crippen LogP) is 4.04. The third-order valence-electron chi connectivity index (χ3n) is 4.76. The number of nitrogens with zero attached hydrogens (tertiary/aromatic N) is 3. The topological polar surface area (TPSA) is 88.4 Å². The van der Waals surface area contributed by atoms with Crippen molar-refractivity contribution in [2.45, 2.75) is 56.8 Å². The van der Waals surface area contributed by atoms with Crippen LogP contribution in [0.4, 0.5) is 5.95 Å².